The van der Waals surface area contributed by atoms with Gasteiger partial charge in [0.15, 0.2) is 0 Å². The summed E-state index contributed by atoms with van der Waals surface area (Å²) in [6.45, 7) is 0.261. The molecule has 0 saturated heterocycles. The van der Waals surface area contributed by atoms with E-state index in [2.05, 4.69) is 82.6 Å². The molecule has 5 unspecified atom stereocenters. The number of nitrogens with zero attached hydrogens (tertiary/aromatic N) is 2. The maximum Gasteiger partial charge on any atom is 0.252 e. The van der Waals surface area contributed by atoms with Crippen LogP contribution in [0.4, 0.5) is 34.1 Å². The minimum absolute atomic E-state index is 0.261. The van der Waals surface area contributed by atoms with E-state index in [0.717, 1.165) is 17.8 Å². The van der Waals surface area contributed by atoms with Crippen LogP contribution in [0.5, 0.6) is 0 Å². The molecule has 16 rings (SSSR count). The van der Waals surface area contributed by atoms with Crippen LogP contribution >= 0.6 is 0 Å². The Balaban J connectivity index is 1.06. The van der Waals surface area contributed by atoms with Crippen LogP contribution in [0.3, 0.4) is 0 Å². The number of hydrogen-bond acceptors (Lipinski definition) is 2. The van der Waals surface area contributed by atoms with Crippen LogP contribution in [0.2, 0.25) is 0 Å². The standard InChI is InChI=1S/C48H41BN2/c1-3-28-13-36(11-9-26(1)28)50-42-17-32-7-5-30(32)15-40(42)49-41-16-31-6-8-33(31)18-43(41)51(37-12-10-27-2-4-29(27)14-37)45-20-35(19-44(50)46(45)49)47-21-34-22-48(25-47)24-39(48)38(34)23-47/h9-20,34,38-39H,1-8,21-25H2. The zero-order chi connectivity index (χ0) is 32.5. The summed E-state index contributed by atoms with van der Waals surface area (Å²) in [4.78, 5) is 5.52. The van der Waals surface area contributed by atoms with Gasteiger partial charge in [-0.05, 0) is 227 Å². The van der Waals surface area contributed by atoms with E-state index in [-0.39, 0.29) is 6.71 Å². The van der Waals surface area contributed by atoms with Crippen molar-refractivity contribution in [3.05, 3.63) is 123 Å². The first kappa shape index (κ1) is 26.5. The van der Waals surface area contributed by atoms with Crippen LogP contribution in [0, 0.1) is 23.2 Å². The van der Waals surface area contributed by atoms with Gasteiger partial charge in [-0.1, -0.05) is 24.3 Å². The zero-order valence-corrected chi connectivity index (χ0v) is 29.3. The molecule has 2 aliphatic heterocycles. The van der Waals surface area contributed by atoms with E-state index in [4.69, 9.17) is 0 Å². The summed E-state index contributed by atoms with van der Waals surface area (Å²) in [5.41, 5.74) is 28.4. The molecule has 2 nitrogen and oxygen atoms in total. The normalized spacial score (nSPS) is 30.4. The van der Waals surface area contributed by atoms with Gasteiger partial charge in [0, 0.05) is 34.1 Å². The second-order valence-electron chi connectivity index (χ2n) is 19.0. The van der Waals surface area contributed by atoms with Crippen LogP contribution in [-0.2, 0) is 56.8 Å². The molecule has 9 aliphatic carbocycles. The molecule has 5 aromatic carbocycles. The lowest BCUT2D eigenvalue weighted by molar-refractivity contribution is 0.208. The first-order chi connectivity index (χ1) is 25.1. The molecule has 0 N–H and O–H groups in total. The average molecular weight is 657 g/mol. The van der Waals surface area contributed by atoms with E-state index < -0.39 is 0 Å². The fourth-order valence-corrected chi connectivity index (χ4v) is 14.1. The highest BCUT2D eigenvalue weighted by atomic mass is 15.2. The summed E-state index contributed by atoms with van der Waals surface area (Å²) in [7, 11) is 0. The van der Waals surface area contributed by atoms with Crippen molar-refractivity contribution in [1.29, 1.82) is 0 Å². The van der Waals surface area contributed by atoms with Crippen molar-refractivity contribution in [3.63, 3.8) is 0 Å². The number of benzene rings is 5. The molecule has 5 aromatic rings. The van der Waals surface area contributed by atoms with Gasteiger partial charge in [0.2, 0.25) is 0 Å². The van der Waals surface area contributed by atoms with Crippen molar-refractivity contribution in [2.24, 2.45) is 23.2 Å². The SMILES string of the molecule is c1cc2c(cc1N1c3cc4c(cc3B3c5cc6c(cc5N(c5ccc7c(c5)CC7)c5cc(C78CC9CC%10(CC%10C9C7)C8)cc1c53)CC6)CC4)CC2. The Morgan fingerprint density at radius 1 is 0.490 bits per heavy atom. The lowest BCUT2D eigenvalue weighted by Gasteiger charge is -2.48. The summed E-state index contributed by atoms with van der Waals surface area (Å²) in [5, 5.41) is 0. The second-order valence-corrected chi connectivity index (χ2v) is 19.0. The Morgan fingerprint density at radius 3 is 1.51 bits per heavy atom. The molecule has 4 bridgehead atoms. The molecule has 5 saturated carbocycles. The lowest BCUT2D eigenvalue weighted by atomic mass is 9.33. The molecule has 0 amide bonds. The fraction of sp³-hybridized carbons (Fsp3) is 0.375. The van der Waals surface area contributed by atoms with Crippen molar-refractivity contribution < 1.29 is 0 Å². The van der Waals surface area contributed by atoms with Crippen molar-refractivity contribution >= 4 is 57.2 Å². The van der Waals surface area contributed by atoms with Gasteiger partial charge in [0.1, 0.15) is 0 Å². The number of hydrogen-bond donors (Lipinski definition) is 0. The predicted octanol–water partition coefficient (Wildman–Crippen LogP) is 8.24. The zero-order valence-electron chi connectivity index (χ0n) is 29.3. The third-order valence-electron chi connectivity index (χ3n) is 16.9. The lowest BCUT2D eigenvalue weighted by Crippen LogP contribution is -2.62. The van der Waals surface area contributed by atoms with Crippen LogP contribution in [-0.4, -0.2) is 6.71 Å². The van der Waals surface area contributed by atoms with Gasteiger partial charge in [-0.25, -0.2) is 0 Å². The van der Waals surface area contributed by atoms with Gasteiger partial charge in [0.05, 0.1) is 0 Å². The van der Waals surface area contributed by atoms with Gasteiger partial charge in [-0.15, -0.1) is 0 Å². The molecular weight excluding hydrogens is 615 g/mol. The van der Waals surface area contributed by atoms with Crippen LogP contribution < -0.4 is 26.2 Å². The molecule has 2 heterocycles. The molecular formula is C48H41BN2. The van der Waals surface area contributed by atoms with Gasteiger partial charge in [0.25, 0.3) is 6.71 Å². The average Bonchev–Trinajstić information content (AvgIpc) is 3.64. The third-order valence-corrected chi connectivity index (χ3v) is 16.9. The molecule has 51 heavy (non-hydrogen) atoms. The maximum absolute atomic E-state index is 2.77. The first-order valence-corrected chi connectivity index (χ1v) is 20.4. The Hall–Kier alpha value is -4.24. The van der Waals surface area contributed by atoms with Crippen molar-refractivity contribution in [1.82, 2.24) is 0 Å². The Morgan fingerprint density at radius 2 is 1.02 bits per heavy atom. The third kappa shape index (κ3) is 3.04. The maximum atomic E-state index is 2.77. The molecule has 1 spiro atoms. The Kier molecular flexibility index (Phi) is 4.35. The molecule has 0 radical (unpaired) electrons. The first-order valence-electron chi connectivity index (χ1n) is 20.4. The molecule has 5 fully saturated rings. The fourth-order valence-electron chi connectivity index (χ4n) is 14.1. The summed E-state index contributed by atoms with van der Waals surface area (Å²) in [6, 6.07) is 31.0. The van der Waals surface area contributed by atoms with Crippen LogP contribution in [0.25, 0.3) is 0 Å². The highest BCUT2D eigenvalue weighted by Crippen LogP contribution is 2.82. The summed E-state index contributed by atoms with van der Waals surface area (Å²) in [6.07, 6.45) is 17.1. The second kappa shape index (κ2) is 8.36. The summed E-state index contributed by atoms with van der Waals surface area (Å²) in [5.74, 6) is 2.99. The number of fused-ring (bicyclic) bond motifs is 8. The van der Waals surface area contributed by atoms with E-state index in [1.54, 1.807) is 55.5 Å². The van der Waals surface area contributed by atoms with Gasteiger partial charge >= 0.3 is 0 Å². The smallest absolute Gasteiger partial charge is 0.252 e. The number of anilines is 6. The van der Waals surface area contributed by atoms with Gasteiger partial charge < -0.3 is 9.80 Å². The monoisotopic (exact) mass is 656 g/mol. The van der Waals surface area contributed by atoms with E-state index in [1.807, 2.05) is 0 Å². The van der Waals surface area contributed by atoms with E-state index >= 15 is 0 Å². The molecule has 246 valence electrons. The van der Waals surface area contributed by atoms with Crippen LogP contribution in [0.1, 0.15) is 82.2 Å². The van der Waals surface area contributed by atoms with Crippen molar-refractivity contribution in [2.75, 3.05) is 9.80 Å². The van der Waals surface area contributed by atoms with Gasteiger partial charge in [-0.3, -0.25) is 0 Å². The predicted molar refractivity (Wildman–Crippen MR) is 208 cm³/mol. The summed E-state index contributed by atoms with van der Waals surface area (Å²) >= 11 is 0. The molecule has 3 heteroatoms. The largest absolute Gasteiger partial charge is 0.311 e. The highest BCUT2D eigenvalue weighted by molar-refractivity contribution is 7.00. The summed E-state index contributed by atoms with van der Waals surface area (Å²) < 4.78 is 0. The molecule has 11 aliphatic rings. The van der Waals surface area contributed by atoms with E-state index in [9.17, 15) is 0 Å². The minimum atomic E-state index is 0.261. The van der Waals surface area contributed by atoms with Gasteiger partial charge in [-0.2, -0.15) is 0 Å². The Labute approximate surface area is 301 Å². The van der Waals surface area contributed by atoms with Crippen LogP contribution in [0.15, 0.2) is 72.8 Å². The van der Waals surface area contributed by atoms with Crippen molar-refractivity contribution in [3.8, 4) is 0 Å². The topological polar surface area (TPSA) is 6.48 Å². The number of rotatable bonds is 3. The van der Waals surface area contributed by atoms with E-state index in [0.29, 0.717) is 10.8 Å². The van der Waals surface area contributed by atoms with E-state index in [1.165, 1.54) is 129 Å². The molecule has 5 atom stereocenters. The van der Waals surface area contributed by atoms with Crippen molar-refractivity contribution in [2.45, 2.75) is 88.9 Å². The highest BCUT2D eigenvalue weighted by Gasteiger charge is 2.75. The molecule has 0 aromatic heterocycles. The Bertz CT molecular complexity index is 2400. The minimum Gasteiger partial charge on any atom is -0.311 e. The number of aryl methyl sites for hydroxylation is 8. The quantitative estimate of drug-likeness (QED) is 0.177.